The third-order valence-corrected chi connectivity index (χ3v) is 3.19. The molecule has 0 saturated carbocycles. The van der Waals surface area contributed by atoms with Crippen LogP contribution in [0.3, 0.4) is 0 Å². The minimum absolute atomic E-state index is 0.392. The lowest BCUT2D eigenvalue weighted by Gasteiger charge is -2.40. The predicted octanol–water partition coefficient (Wildman–Crippen LogP) is -1.30. The molecular weight excluding hydrogens is 256 g/mol. The van der Waals surface area contributed by atoms with Crippen molar-refractivity contribution in [1.29, 1.82) is 0 Å². The molecule has 0 aromatic carbocycles. The van der Waals surface area contributed by atoms with E-state index in [4.69, 9.17) is 14.6 Å². The van der Waals surface area contributed by atoms with Crippen LogP contribution in [-0.2, 0) is 9.47 Å². The van der Waals surface area contributed by atoms with Gasteiger partial charge in [0.25, 0.3) is 0 Å². The number of aliphatic hydroxyl groups is 5. The first-order chi connectivity index (χ1) is 9.01. The van der Waals surface area contributed by atoms with Gasteiger partial charge in [-0.2, -0.15) is 0 Å². The van der Waals surface area contributed by atoms with E-state index in [1.165, 1.54) is 0 Å². The summed E-state index contributed by atoms with van der Waals surface area (Å²) in [6.45, 7) is 1.52. The second-order valence-electron chi connectivity index (χ2n) is 4.78. The van der Waals surface area contributed by atoms with Crippen LogP contribution in [0.5, 0.6) is 0 Å². The van der Waals surface area contributed by atoms with Crippen molar-refractivity contribution in [2.24, 2.45) is 0 Å². The SMILES string of the molecule is CCCCCC(O)OC1O[C@H](CO)[C@H](O)[C@H](O)[C@H]1O. The smallest absolute Gasteiger partial charge is 0.189 e. The number of aliphatic hydroxyl groups excluding tert-OH is 5. The van der Waals surface area contributed by atoms with Gasteiger partial charge in [0.05, 0.1) is 6.61 Å². The fraction of sp³-hybridized carbons (Fsp3) is 1.00. The number of hydrogen-bond acceptors (Lipinski definition) is 7. The molecule has 2 unspecified atom stereocenters. The largest absolute Gasteiger partial charge is 0.394 e. The Labute approximate surface area is 112 Å². The average Bonchev–Trinajstić information content (AvgIpc) is 2.39. The molecule has 0 spiro atoms. The summed E-state index contributed by atoms with van der Waals surface area (Å²) in [7, 11) is 0. The number of ether oxygens (including phenoxy) is 2. The number of unbranched alkanes of at least 4 members (excludes halogenated alkanes) is 2. The molecule has 0 aliphatic carbocycles. The highest BCUT2D eigenvalue weighted by Crippen LogP contribution is 2.23. The summed E-state index contributed by atoms with van der Waals surface area (Å²) < 4.78 is 10.2. The van der Waals surface area contributed by atoms with Gasteiger partial charge in [0.1, 0.15) is 24.4 Å². The predicted molar refractivity (Wildman–Crippen MR) is 65.0 cm³/mol. The Kier molecular flexibility index (Phi) is 7.16. The van der Waals surface area contributed by atoms with Gasteiger partial charge in [0.2, 0.25) is 0 Å². The summed E-state index contributed by atoms with van der Waals surface area (Å²) in [5.41, 5.74) is 0. The summed E-state index contributed by atoms with van der Waals surface area (Å²) in [6.07, 6.45) is -4.67. The van der Waals surface area contributed by atoms with E-state index in [2.05, 4.69) is 0 Å². The number of rotatable bonds is 7. The first-order valence-corrected chi connectivity index (χ1v) is 6.65. The van der Waals surface area contributed by atoms with Crippen LogP contribution in [-0.4, -0.2) is 69.1 Å². The Morgan fingerprint density at radius 3 is 2.37 bits per heavy atom. The Morgan fingerprint density at radius 2 is 1.79 bits per heavy atom. The normalized spacial score (nSPS) is 37.3. The molecule has 6 atom stereocenters. The summed E-state index contributed by atoms with van der Waals surface area (Å²) in [4.78, 5) is 0. The molecule has 1 rings (SSSR count). The van der Waals surface area contributed by atoms with E-state index in [1.54, 1.807) is 0 Å². The van der Waals surface area contributed by atoms with E-state index >= 15 is 0 Å². The van der Waals surface area contributed by atoms with Crippen LogP contribution in [0.25, 0.3) is 0 Å². The van der Waals surface area contributed by atoms with Crippen LogP contribution in [0.1, 0.15) is 32.6 Å². The second-order valence-corrected chi connectivity index (χ2v) is 4.78. The van der Waals surface area contributed by atoms with Gasteiger partial charge < -0.3 is 35.0 Å². The zero-order valence-corrected chi connectivity index (χ0v) is 11.1. The summed E-state index contributed by atoms with van der Waals surface area (Å²) >= 11 is 0. The molecule has 1 aliphatic rings. The first kappa shape index (κ1) is 16.8. The minimum Gasteiger partial charge on any atom is -0.394 e. The molecule has 0 aromatic rings. The lowest BCUT2D eigenvalue weighted by Crippen LogP contribution is -2.59. The van der Waals surface area contributed by atoms with Crippen molar-refractivity contribution < 1.29 is 35.0 Å². The van der Waals surface area contributed by atoms with E-state index in [0.29, 0.717) is 6.42 Å². The zero-order chi connectivity index (χ0) is 14.4. The molecule has 1 fully saturated rings. The Morgan fingerprint density at radius 1 is 1.11 bits per heavy atom. The fourth-order valence-corrected chi connectivity index (χ4v) is 1.97. The molecule has 0 bridgehead atoms. The van der Waals surface area contributed by atoms with E-state index in [0.717, 1.165) is 19.3 Å². The lowest BCUT2D eigenvalue weighted by atomic mass is 9.99. The van der Waals surface area contributed by atoms with Crippen molar-refractivity contribution in [2.75, 3.05) is 6.61 Å². The summed E-state index contributed by atoms with van der Waals surface area (Å²) in [5.74, 6) is 0. The highest BCUT2D eigenvalue weighted by molar-refractivity contribution is 4.88. The maximum absolute atomic E-state index is 9.69. The van der Waals surface area contributed by atoms with Gasteiger partial charge in [-0.3, -0.25) is 0 Å². The Bertz CT molecular complexity index is 248. The van der Waals surface area contributed by atoms with Gasteiger partial charge in [-0.1, -0.05) is 19.8 Å². The van der Waals surface area contributed by atoms with Crippen LogP contribution in [0.2, 0.25) is 0 Å². The van der Waals surface area contributed by atoms with Crippen molar-refractivity contribution in [3.8, 4) is 0 Å². The number of hydrogen-bond donors (Lipinski definition) is 5. The van der Waals surface area contributed by atoms with Gasteiger partial charge in [-0.15, -0.1) is 0 Å². The second kappa shape index (κ2) is 8.11. The van der Waals surface area contributed by atoms with Crippen molar-refractivity contribution in [3.63, 3.8) is 0 Å². The topological polar surface area (TPSA) is 120 Å². The molecule has 0 aromatic heterocycles. The van der Waals surface area contributed by atoms with Gasteiger partial charge in [-0.05, 0) is 12.8 Å². The van der Waals surface area contributed by atoms with E-state index < -0.39 is 43.6 Å². The quantitative estimate of drug-likeness (QED) is 0.290. The Balaban J connectivity index is 2.47. The van der Waals surface area contributed by atoms with Gasteiger partial charge >= 0.3 is 0 Å². The molecule has 1 heterocycles. The minimum atomic E-state index is -1.49. The average molecular weight is 280 g/mol. The molecule has 114 valence electrons. The first-order valence-electron chi connectivity index (χ1n) is 6.65. The molecule has 5 N–H and O–H groups in total. The zero-order valence-electron chi connectivity index (χ0n) is 11.1. The molecule has 7 heteroatoms. The van der Waals surface area contributed by atoms with Crippen molar-refractivity contribution in [2.45, 2.75) is 69.6 Å². The Hall–Kier alpha value is -0.280. The third-order valence-electron chi connectivity index (χ3n) is 3.19. The maximum Gasteiger partial charge on any atom is 0.189 e. The van der Waals surface area contributed by atoms with Crippen LogP contribution < -0.4 is 0 Å². The molecule has 0 amide bonds. The highest BCUT2D eigenvalue weighted by atomic mass is 16.7. The van der Waals surface area contributed by atoms with E-state index in [1.807, 2.05) is 6.92 Å². The third kappa shape index (κ3) is 4.64. The van der Waals surface area contributed by atoms with Crippen LogP contribution in [0.15, 0.2) is 0 Å². The molecule has 7 nitrogen and oxygen atoms in total. The molecular formula is C12H24O7. The van der Waals surface area contributed by atoms with Crippen LogP contribution in [0, 0.1) is 0 Å². The molecule has 1 aliphatic heterocycles. The molecule has 19 heavy (non-hydrogen) atoms. The molecule has 1 saturated heterocycles. The monoisotopic (exact) mass is 280 g/mol. The highest BCUT2D eigenvalue weighted by Gasteiger charge is 2.44. The summed E-state index contributed by atoms with van der Waals surface area (Å²) in [6, 6.07) is 0. The maximum atomic E-state index is 9.69. The van der Waals surface area contributed by atoms with Crippen molar-refractivity contribution in [1.82, 2.24) is 0 Å². The summed E-state index contributed by atoms with van der Waals surface area (Å²) in [5, 5.41) is 47.4. The van der Waals surface area contributed by atoms with Gasteiger partial charge in [0.15, 0.2) is 12.6 Å². The van der Waals surface area contributed by atoms with Gasteiger partial charge in [-0.25, -0.2) is 0 Å². The van der Waals surface area contributed by atoms with E-state index in [9.17, 15) is 20.4 Å². The lowest BCUT2D eigenvalue weighted by molar-refractivity contribution is -0.332. The van der Waals surface area contributed by atoms with Crippen molar-refractivity contribution in [3.05, 3.63) is 0 Å². The van der Waals surface area contributed by atoms with Gasteiger partial charge in [0, 0.05) is 0 Å². The molecule has 0 radical (unpaired) electrons. The standard InChI is InChI=1S/C12H24O7/c1-2-3-4-5-8(14)19-12-11(17)10(16)9(15)7(6-13)18-12/h7-17H,2-6H2,1H3/t7-,8?,9+,10+,11-,12?/m1/s1. The van der Waals surface area contributed by atoms with Crippen molar-refractivity contribution >= 4 is 0 Å². The fourth-order valence-electron chi connectivity index (χ4n) is 1.97. The van der Waals surface area contributed by atoms with Crippen LogP contribution >= 0.6 is 0 Å². The van der Waals surface area contributed by atoms with E-state index in [-0.39, 0.29) is 0 Å². The van der Waals surface area contributed by atoms with Crippen LogP contribution in [0.4, 0.5) is 0 Å².